The van der Waals surface area contributed by atoms with Crippen molar-refractivity contribution >= 4 is 84.8 Å². The molecule has 1 aliphatic rings. The molecule has 0 spiro atoms. The second-order valence-corrected chi connectivity index (χ2v) is 17.2. The number of rotatable bonds is 5. The number of hydrogen-bond donors (Lipinski definition) is 3. The van der Waals surface area contributed by atoms with Gasteiger partial charge in [0.05, 0.1) is 29.5 Å². The number of nitrogens with zero attached hydrogens (tertiary/aromatic N) is 1. The van der Waals surface area contributed by atoms with Gasteiger partial charge < -0.3 is 4.57 Å². The third-order valence-corrected chi connectivity index (χ3v) is 14.0. The van der Waals surface area contributed by atoms with E-state index in [1.165, 1.54) is 95.7 Å². The maximum absolute atomic E-state index is 3.86. The first-order valence-electron chi connectivity index (χ1n) is 19.5. The monoisotopic (exact) mass is 768 g/mol. The van der Waals surface area contributed by atoms with Crippen LogP contribution in [0.25, 0.3) is 79.0 Å². The maximum Gasteiger partial charge on any atom is 0.0865 e. The lowest BCUT2D eigenvalue weighted by Crippen LogP contribution is -2.54. The van der Waals surface area contributed by atoms with Gasteiger partial charge in [-0.25, -0.2) is 0 Å². The Morgan fingerprint density at radius 1 is 0.368 bits per heavy atom. The molecule has 3 aromatic heterocycles. The van der Waals surface area contributed by atoms with Crippen molar-refractivity contribution in [2.75, 3.05) is 0 Å². The molecule has 1 fully saturated rings. The van der Waals surface area contributed by atoms with Gasteiger partial charge in [0.2, 0.25) is 0 Å². The number of benzene rings is 8. The summed E-state index contributed by atoms with van der Waals surface area (Å²) in [6, 6.07) is 66.6. The highest BCUT2D eigenvalue weighted by Crippen LogP contribution is 2.44. The van der Waals surface area contributed by atoms with E-state index in [0.29, 0.717) is 0 Å². The van der Waals surface area contributed by atoms with E-state index in [4.69, 9.17) is 0 Å². The van der Waals surface area contributed by atoms with E-state index in [2.05, 4.69) is 203 Å². The summed E-state index contributed by atoms with van der Waals surface area (Å²) in [6.07, 6.45) is -0.0468. The summed E-state index contributed by atoms with van der Waals surface area (Å²) in [6.45, 7) is 0. The summed E-state index contributed by atoms with van der Waals surface area (Å²) in [4.78, 5) is 0. The molecule has 4 nitrogen and oxygen atoms in total. The van der Waals surface area contributed by atoms with Crippen molar-refractivity contribution in [2.24, 2.45) is 0 Å². The number of para-hydroxylation sites is 2. The molecule has 272 valence electrons. The third-order valence-electron chi connectivity index (χ3n) is 11.7. The van der Waals surface area contributed by atoms with Crippen molar-refractivity contribution in [1.82, 2.24) is 20.5 Å². The van der Waals surface area contributed by atoms with Gasteiger partial charge in [0.15, 0.2) is 0 Å². The molecule has 0 bridgehead atoms. The molecule has 8 aromatic carbocycles. The average Bonchev–Trinajstić information content (AvgIpc) is 3.95. The molecule has 11 aromatic rings. The summed E-state index contributed by atoms with van der Waals surface area (Å²) in [5.74, 6) is 0. The second kappa shape index (κ2) is 13.2. The molecule has 6 heteroatoms. The van der Waals surface area contributed by atoms with E-state index < -0.39 is 0 Å². The predicted molar refractivity (Wildman–Crippen MR) is 243 cm³/mol. The zero-order valence-corrected chi connectivity index (χ0v) is 32.4. The molecule has 12 rings (SSSR count). The fourth-order valence-corrected chi connectivity index (χ4v) is 11.4. The van der Waals surface area contributed by atoms with Crippen LogP contribution in [0.15, 0.2) is 182 Å². The van der Waals surface area contributed by atoms with E-state index in [-0.39, 0.29) is 18.5 Å². The van der Waals surface area contributed by atoms with Crippen molar-refractivity contribution in [3.8, 4) is 16.8 Å². The first-order chi connectivity index (χ1) is 28.2. The van der Waals surface area contributed by atoms with Gasteiger partial charge in [-0.1, -0.05) is 140 Å². The van der Waals surface area contributed by atoms with Crippen molar-refractivity contribution in [2.45, 2.75) is 18.5 Å². The van der Waals surface area contributed by atoms with E-state index in [9.17, 15) is 0 Å². The average molecular weight is 769 g/mol. The highest BCUT2D eigenvalue weighted by atomic mass is 32.1. The fourth-order valence-electron chi connectivity index (χ4n) is 9.05. The van der Waals surface area contributed by atoms with Crippen LogP contribution in [0.2, 0.25) is 0 Å². The van der Waals surface area contributed by atoms with Crippen LogP contribution in [0.1, 0.15) is 35.2 Å². The van der Waals surface area contributed by atoms with Crippen LogP contribution in [0.3, 0.4) is 0 Å². The maximum atomic E-state index is 3.86. The van der Waals surface area contributed by atoms with Crippen LogP contribution in [0.4, 0.5) is 0 Å². The van der Waals surface area contributed by atoms with Crippen LogP contribution in [0, 0.1) is 0 Å². The summed E-state index contributed by atoms with van der Waals surface area (Å²) in [5.41, 5.74) is 9.87. The number of fused-ring (bicyclic) bond motifs is 9. The van der Waals surface area contributed by atoms with Crippen molar-refractivity contribution < 1.29 is 0 Å². The second-order valence-electron chi connectivity index (χ2n) is 15.0. The van der Waals surface area contributed by atoms with Gasteiger partial charge in [0.25, 0.3) is 0 Å². The summed E-state index contributed by atoms with van der Waals surface area (Å²) in [5, 5.41) is 19.3. The quantitative estimate of drug-likeness (QED) is 0.163. The van der Waals surface area contributed by atoms with Crippen LogP contribution in [-0.2, 0) is 0 Å². The Kier molecular flexibility index (Phi) is 7.68. The molecule has 57 heavy (non-hydrogen) atoms. The molecule has 2 unspecified atom stereocenters. The molecule has 1 saturated heterocycles. The predicted octanol–water partition coefficient (Wildman–Crippen LogP) is 13.4. The van der Waals surface area contributed by atoms with E-state index in [1.54, 1.807) is 0 Å². The Bertz CT molecular complexity index is 3210. The molecule has 0 amide bonds. The van der Waals surface area contributed by atoms with Crippen LogP contribution in [-0.4, -0.2) is 4.57 Å². The van der Waals surface area contributed by atoms with Gasteiger partial charge in [-0.2, -0.15) is 0 Å². The molecule has 0 radical (unpaired) electrons. The Morgan fingerprint density at radius 2 is 0.912 bits per heavy atom. The molecule has 0 saturated carbocycles. The Labute approximate surface area is 337 Å². The molecular weight excluding hydrogens is 733 g/mol. The van der Waals surface area contributed by atoms with Crippen molar-refractivity contribution in [1.29, 1.82) is 0 Å². The van der Waals surface area contributed by atoms with E-state index in [1.807, 2.05) is 22.7 Å². The third kappa shape index (κ3) is 5.45. The van der Waals surface area contributed by atoms with Crippen LogP contribution < -0.4 is 16.0 Å². The zero-order chi connectivity index (χ0) is 37.5. The highest BCUT2D eigenvalue weighted by Gasteiger charge is 2.30. The largest absolute Gasteiger partial charge is 0.309 e. The van der Waals surface area contributed by atoms with E-state index in [0.717, 1.165) is 0 Å². The first kappa shape index (κ1) is 33.1. The van der Waals surface area contributed by atoms with Crippen molar-refractivity contribution in [3.05, 3.63) is 199 Å². The van der Waals surface area contributed by atoms with Gasteiger partial charge >= 0.3 is 0 Å². The highest BCUT2D eigenvalue weighted by molar-refractivity contribution is 7.26. The molecule has 1 aliphatic heterocycles. The Morgan fingerprint density at radius 3 is 1.60 bits per heavy atom. The van der Waals surface area contributed by atoms with Crippen LogP contribution >= 0.6 is 22.7 Å². The molecule has 2 atom stereocenters. The number of thiophene rings is 2. The zero-order valence-electron chi connectivity index (χ0n) is 30.8. The smallest absolute Gasteiger partial charge is 0.0865 e. The molecule has 0 aliphatic carbocycles. The van der Waals surface area contributed by atoms with Gasteiger partial charge in [0, 0.05) is 56.8 Å². The minimum Gasteiger partial charge on any atom is -0.309 e. The van der Waals surface area contributed by atoms with E-state index >= 15 is 0 Å². The summed E-state index contributed by atoms with van der Waals surface area (Å²) in [7, 11) is 0. The Balaban J connectivity index is 0.921. The van der Waals surface area contributed by atoms with Gasteiger partial charge in [0.1, 0.15) is 0 Å². The summed E-state index contributed by atoms with van der Waals surface area (Å²) >= 11 is 3.77. The minimum absolute atomic E-state index is 0.00331. The lowest BCUT2D eigenvalue weighted by atomic mass is 9.97. The lowest BCUT2D eigenvalue weighted by Gasteiger charge is -2.39. The topological polar surface area (TPSA) is 41.0 Å². The van der Waals surface area contributed by atoms with Gasteiger partial charge in [-0.05, 0) is 70.3 Å². The number of hydrogen-bond acceptors (Lipinski definition) is 5. The van der Waals surface area contributed by atoms with Gasteiger partial charge in [-0.15, -0.1) is 22.7 Å². The Hall–Kier alpha value is -6.12. The molecule has 3 N–H and O–H groups in total. The lowest BCUT2D eigenvalue weighted by molar-refractivity contribution is 0.203. The normalized spacial score (nSPS) is 17.4. The summed E-state index contributed by atoms with van der Waals surface area (Å²) < 4.78 is 7.63. The standard InChI is InChI=1S/C51H36N4S2/c1-3-12-31(13-4-1)49-52-50(32-14-5-2-6-15-32)54-51(53-49)34-23-26-41-46(29-34)56-44-21-11-18-36(48(41)44)33-22-25-39-40-27-24-35(30-47(40)57-45(39)28-33)55-42-19-9-7-16-37(42)38-17-8-10-20-43(38)55/h1-30,49-54H. The fraction of sp³-hybridized carbons (Fsp3) is 0.0588. The van der Waals surface area contributed by atoms with Gasteiger partial charge in [-0.3, -0.25) is 16.0 Å². The van der Waals surface area contributed by atoms with Crippen LogP contribution in [0.5, 0.6) is 0 Å². The molecular formula is C51H36N4S2. The minimum atomic E-state index is -0.0402. The first-order valence-corrected chi connectivity index (χ1v) is 21.2. The molecule has 4 heterocycles. The van der Waals surface area contributed by atoms with Crippen molar-refractivity contribution in [3.63, 3.8) is 0 Å². The SMILES string of the molecule is c1ccc(C2NC(c3ccccc3)NC(c3ccc4c(c3)sc3cccc(-c5ccc6c(c5)sc5cc(-n7c8ccccc8c8ccccc87)ccc56)c34)N2)cc1. The number of nitrogens with one attached hydrogen (secondary N) is 3. The number of aromatic nitrogens is 1.